The lowest BCUT2D eigenvalue weighted by Crippen LogP contribution is -2.64. The van der Waals surface area contributed by atoms with Crippen molar-refractivity contribution < 1.29 is 9.59 Å². The standard InChI is InChI=1S/C15H21N3O2S/c1-3-13(19)17-6-5-15(10-17)11-18(12-4-7-21-9-12)14(20)8-16(15)2/h4,7,9H,3,5-6,8,10-11H2,1-2H3/t15-/m0/s1. The summed E-state index contributed by atoms with van der Waals surface area (Å²) >= 11 is 1.60. The first-order valence-corrected chi connectivity index (χ1v) is 8.31. The van der Waals surface area contributed by atoms with Crippen LogP contribution in [0.15, 0.2) is 16.8 Å². The minimum atomic E-state index is -0.0966. The summed E-state index contributed by atoms with van der Waals surface area (Å²) in [7, 11) is 2.00. The highest BCUT2D eigenvalue weighted by atomic mass is 32.1. The summed E-state index contributed by atoms with van der Waals surface area (Å²) in [6, 6.07) is 1.99. The van der Waals surface area contributed by atoms with E-state index in [2.05, 4.69) is 4.90 Å². The molecule has 0 unspecified atom stereocenters. The van der Waals surface area contributed by atoms with Gasteiger partial charge in [0.15, 0.2) is 0 Å². The van der Waals surface area contributed by atoms with E-state index in [0.717, 1.165) is 25.2 Å². The molecule has 21 heavy (non-hydrogen) atoms. The van der Waals surface area contributed by atoms with Crippen LogP contribution in [0.5, 0.6) is 0 Å². The molecule has 1 aromatic heterocycles. The van der Waals surface area contributed by atoms with Crippen molar-refractivity contribution in [3.8, 4) is 0 Å². The highest BCUT2D eigenvalue weighted by molar-refractivity contribution is 7.08. The fraction of sp³-hybridized carbons (Fsp3) is 0.600. The molecule has 5 nitrogen and oxygen atoms in total. The Balaban J connectivity index is 1.82. The summed E-state index contributed by atoms with van der Waals surface area (Å²) in [5, 5.41) is 4.01. The van der Waals surface area contributed by atoms with E-state index in [1.54, 1.807) is 11.3 Å². The van der Waals surface area contributed by atoms with Gasteiger partial charge in [0.1, 0.15) is 0 Å². The Morgan fingerprint density at radius 2 is 2.24 bits per heavy atom. The Kier molecular flexibility index (Phi) is 3.75. The Hall–Kier alpha value is -1.40. The predicted octanol–water partition coefficient (Wildman–Crippen LogP) is 1.41. The van der Waals surface area contributed by atoms with Crippen molar-refractivity contribution in [3.63, 3.8) is 0 Å². The number of carbonyl (C=O) groups is 2. The van der Waals surface area contributed by atoms with Gasteiger partial charge in [-0.1, -0.05) is 6.92 Å². The third-order valence-corrected chi connectivity index (χ3v) is 5.41. The molecule has 1 atom stereocenters. The van der Waals surface area contributed by atoms with Gasteiger partial charge in [0.05, 0.1) is 17.8 Å². The maximum Gasteiger partial charge on any atom is 0.241 e. The third kappa shape index (κ3) is 2.46. The van der Waals surface area contributed by atoms with Crippen LogP contribution < -0.4 is 4.90 Å². The number of thiophene rings is 1. The molecule has 0 aliphatic carbocycles. The smallest absolute Gasteiger partial charge is 0.241 e. The quantitative estimate of drug-likeness (QED) is 0.830. The second-order valence-electron chi connectivity index (χ2n) is 5.96. The molecule has 0 radical (unpaired) electrons. The second-order valence-corrected chi connectivity index (χ2v) is 6.74. The fourth-order valence-electron chi connectivity index (χ4n) is 3.34. The number of likely N-dealkylation sites (tertiary alicyclic amines) is 1. The number of likely N-dealkylation sites (N-methyl/N-ethyl adjacent to an activating group) is 1. The topological polar surface area (TPSA) is 43.9 Å². The minimum absolute atomic E-state index is 0.0966. The molecule has 2 saturated heterocycles. The third-order valence-electron chi connectivity index (χ3n) is 4.74. The molecule has 114 valence electrons. The van der Waals surface area contributed by atoms with Gasteiger partial charge in [-0.2, -0.15) is 11.3 Å². The molecule has 3 heterocycles. The molecule has 2 amide bonds. The van der Waals surface area contributed by atoms with Gasteiger partial charge < -0.3 is 9.80 Å². The van der Waals surface area contributed by atoms with Crippen LogP contribution >= 0.6 is 11.3 Å². The Morgan fingerprint density at radius 1 is 1.43 bits per heavy atom. The van der Waals surface area contributed by atoms with E-state index in [1.165, 1.54) is 0 Å². The van der Waals surface area contributed by atoms with E-state index in [1.807, 2.05) is 40.6 Å². The van der Waals surface area contributed by atoms with E-state index in [-0.39, 0.29) is 17.4 Å². The van der Waals surface area contributed by atoms with Crippen molar-refractivity contribution in [2.75, 3.05) is 38.1 Å². The van der Waals surface area contributed by atoms with Gasteiger partial charge >= 0.3 is 0 Å². The maximum absolute atomic E-state index is 12.3. The molecule has 1 aromatic rings. The van der Waals surface area contributed by atoms with E-state index < -0.39 is 0 Å². The van der Waals surface area contributed by atoms with Gasteiger partial charge in [0.2, 0.25) is 11.8 Å². The Labute approximate surface area is 129 Å². The van der Waals surface area contributed by atoms with Crippen molar-refractivity contribution in [3.05, 3.63) is 16.8 Å². The molecule has 1 spiro atoms. The number of piperazine rings is 1. The van der Waals surface area contributed by atoms with Crippen LogP contribution in [0.3, 0.4) is 0 Å². The first kappa shape index (κ1) is 14.5. The van der Waals surface area contributed by atoms with Crippen LogP contribution in [-0.4, -0.2) is 60.4 Å². The Morgan fingerprint density at radius 3 is 2.90 bits per heavy atom. The number of carbonyl (C=O) groups excluding carboxylic acids is 2. The van der Waals surface area contributed by atoms with E-state index in [4.69, 9.17) is 0 Å². The van der Waals surface area contributed by atoms with Crippen LogP contribution in [0.2, 0.25) is 0 Å². The zero-order valence-electron chi connectivity index (χ0n) is 12.5. The van der Waals surface area contributed by atoms with Gasteiger partial charge in [-0.25, -0.2) is 0 Å². The fourth-order valence-corrected chi connectivity index (χ4v) is 3.98. The molecule has 3 rings (SSSR count). The van der Waals surface area contributed by atoms with Crippen LogP contribution in [0.4, 0.5) is 5.69 Å². The first-order chi connectivity index (χ1) is 10.1. The van der Waals surface area contributed by atoms with Crippen LogP contribution in [0, 0.1) is 0 Å². The molecule has 6 heteroatoms. The summed E-state index contributed by atoms with van der Waals surface area (Å²) < 4.78 is 0. The Bertz CT molecular complexity index is 545. The molecular formula is C15H21N3O2S. The van der Waals surface area contributed by atoms with E-state index in [9.17, 15) is 9.59 Å². The molecule has 2 aliphatic heterocycles. The normalized spacial score (nSPS) is 26.9. The summed E-state index contributed by atoms with van der Waals surface area (Å²) in [5.74, 6) is 0.348. The molecule has 0 N–H and O–H groups in total. The number of rotatable bonds is 2. The largest absolute Gasteiger partial charge is 0.341 e. The van der Waals surface area contributed by atoms with Crippen molar-refractivity contribution in [2.24, 2.45) is 0 Å². The van der Waals surface area contributed by atoms with Crippen molar-refractivity contribution >= 4 is 28.8 Å². The van der Waals surface area contributed by atoms with Crippen LogP contribution in [0.1, 0.15) is 19.8 Å². The van der Waals surface area contributed by atoms with Gasteiger partial charge in [-0.15, -0.1) is 0 Å². The van der Waals surface area contributed by atoms with Crippen molar-refractivity contribution in [1.82, 2.24) is 9.80 Å². The van der Waals surface area contributed by atoms with Gasteiger partial charge in [-0.05, 0) is 24.9 Å². The van der Waals surface area contributed by atoms with E-state index >= 15 is 0 Å². The summed E-state index contributed by atoms with van der Waals surface area (Å²) in [6.45, 7) is 4.52. The molecule has 2 fully saturated rings. The van der Waals surface area contributed by atoms with Crippen LogP contribution in [-0.2, 0) is 9.59 Å². The SMILES string of the molecule is CCC(=O)N1CC[C@]2(C1)CN(c1ccsc1)C(=O)CN2C. The van der Waals surface area contributed by atoms with Gasteiger partial charge in [0.25, 0.3) is 0 Å². The zero-order chi connectivity index (χ0) is 15.0. The summed E-state index contributed by atoms with van der Waals surface area (Å²) in [5.41, 5.74) is 0.887. The highest BCUT2D eigenvalue weighted by Gasteiger charge is 2.48. The molecule has 0 bridgehead atoms. The monoisotopic (exact) mass is 307 g/mol. The van der Waals surface area contributed by atoms with E-state index in [0.29, 0.717) is 19.5 Å². The molecular weight excluding hydrogens is 286 g/mol. The molecule has 0 aromatic carbocycles. The van der Waals surface area contributed by atoms with Crippen molar-refractivity contribution in [2.45, 2.75) is 25.3 Å². The summed E-state index contributed by atoms with van der Waals surface area (Å²) in [4.78, 5) is 30.2. The number of hydrogen-bond acceptors (Lipinski definition) is 4. The summed E-state index contributed by atoms with van der Waals surface area (Å²) in [6.07, 6.45) is 1.48. The second kappa shape index (κ2) is 5.42. The number of amides is 2. The average molecular weight is 307 g/mol. The lowest BCUT2D eigenvalue weighted by Gasteiger charge is -2.46. The number of anilines is 1. The van der Waals surface area contributed by atoms with Gasteiger partial charge in [-0.3, -0.25) is 14.5 Å². The maximum atomic E-state index is 12.3. The highest BCUT2D eigenvalue weighted by Crippen LogP contribution is 2.34. The number of hydrogen-bond donors (Lipinski definition) is 0. The average Bonchev–Trinajstić information content (AvgIpc) is 3.13. The zero-order valence-corrected chi connectivity index (χ0v) is 13.4. The molecule has 0 saturated carbocycles. The molecule has 2 aliphatic rings. The predicted molar refractivity (Wildman–Crippen MR) is 83.5 cm³/mol. The van der Waals surface area contributed by atoms with Crippen molar-refractivity contribution in [1.29, 1.82) is 0 Å². The lowest BCUT2D eigenvalue weighted by atomic mass is 9.93. The van der Waals surface area contributed by atoms with Crippen LogP contribution in [0.25, 0.3) is 0 Å². The minimum Gasteiger partial charge on any atom is -0.341 e. The van der Waals surface area contributed by atoms with Gasteiger partial charge in [0, 0.05) is 31.4 Å². The number of nitrogens with zero attached hydrogens (tertiary/aromatic N) is 3. The first-order valence-electron chi connectivity index (χ1n) is 7.37. The lowest BCUT2D eigenvalue weighted by molar-refractivity contribution is -0.130.